The van der Waals surface area contributed by atoms with Crippen LogP contribution in [-0.4, -0.2) is 24.2 Å². The van der Waals surface area contributed by atoms with Crippen LogP contribution in [0.25, 0.3) is 6.08 Å². The van der Waals surface area contributed by atoms with E-state index in [9.17, 15) is 4.79 Å². The van der Waals surface area contributed by atoms with Crippen molar-refractivity contribution in [3.63, 3.8) is 0 Å². The maximum atomic E-state index is 11.7. The van der Waals surface area contributed by atoms with Gasteiger partial charge in [-0.3, -0.25) is 10.1 Å². The van der Waals surface area contributed by atoms with Gasteiger partial charge < -0.3 is 14.8 Å². The van der Waals surface area contributed by atoms with Crippen LogP contribution in [0, 0.1) is 0 Å². The second-order valence-electron chi connectivity index (χ2n) is 4.84. The Labute approximate surface area is 139 Å². The Bertz CT molecular complexity index is 646. The molecular weight excluding hydrogens is 324 g/mol. The van der Waals surface area contributed by atoms with Crippen molar-refractivity contribution in [3.8, 4) is 11.5 Å². The van der Waals surface area contributed by atoms with Gasteiger partial charge in [0.2, 0.25) is 0 Å². The second-order valence-corrected chi connectivity index (χ2v) is 5.65. The number of amides is 1. The Hall–Kier alpha value is -1.79. The molecule has 0 radical (unpaired) electrons. The summed E-state index contributed by atoms with van der Waals surface area (Å²) in [6, 6.07) is 3.47. The maximum absolute atomic E-state index is 11.7. The number of rotatable bonds is 5. The van der Waals surface area contributed by atoms with Gasteiger partial charge in [-0.15, -0.1) is 0 Å². The highest BCUT2D eigenvalue weighted by Crippen LogP contribution is 2.37. The zero-order valence-corrected chi connectivity index (χ0v) is 14.1. The summed E-state index contributed by atoms with van der Waals surface area (Å²) >= 11 is 11.2. The monoisotopic (exact) mass is 340 g/mol. The molecule has 22 heavy (non-hydrogen) atoms. The average molecular weight is 341 g/mol. The molecule has 0 unspecified atom stereocenters. The van der Waals surface area contributed by atoms with Crippen LogP contribution in [0.1, 0.15) is 25.8 Å². The van der Waals surface area contributed by atoms with E-state index < -0.39 is 0 Å². The number of halogens is 1. The minimum Gasteiger partial charge on any atom is -0.493 e. The first-order valence-corrected chi connectivity index (χ1v) is 7.61. The first-order chi connectivity index (χ1) is 10.4. The van der Waals surface area contributed by atoms with Crippen molar-refractivity contribution in [1.82, 2.24) is 10.6 Å². The number of methoxy groups -OCH3 is 1. The van der Waals surface area contributed by atoms with Gasteiger partial charge >= 0.3 is 0 Å². The van der Waals surface area contributed by atoms with E-state index in [2.05, 4.69) is 10.6 Å². The van der Waals surface area contributed by atoms with Gasteiger partial charge in [0.05, 0.1) is 18.2 Å². The fourth-order valence-electron chi connectivity index (χ4n) is 1.87. The third-order valence-electron chi connectivity index (χ3n) is 3.18. The molecule has 1 aliphatic heterocycles. The molecule has 0 bridgehead atoms. The lowest BCUT2D eigenvalue weighted by atomic mass is 10.1. The summed E-state index contributed by atoms with van der Waals surface area (Å²) in [5.41, 5.74) is 1.07. The quantitative estimate of drug-likeness (QED) is 0.637. The van der Waals surface area contributed by atoms with Crippen LogP contribution in [0.15, 0.2) is 17.8 Å². The standard InChI is InChI=1S/C15H17ClN2O3S/c1-4-8(2)21-13-10(16)5-9(7-12(13)20-3)6-11-14(19)18-15(22)17-11/h5-8H,4H2,1-3H3,(H2,17,18,19,22)/b11-6+/t8-/m0/s1. The van der Waals surface area contributed by atoms with E-state index in [-0.39, 0.29) is 17.1 Å². The van der Waals surface area contributed by atoms with Crippen molar-refractivity contribution in [2.45, 2.75) is 26.4 Å². The minimum atomic E-state index is -0.278. The van der Waals surface area contributed by atoms with Gasteiger partial charge in [0.15, 0.2) is 16.6 Å². The zero-order chi connectivity index (χ0) is 16.3. The second kappa shape index (κ2) is 6.98. The molecule has 1 aliphatic rings. The molecule has 5 nitrogen and oxygen atoms in total. The molecule has 118 valence electrons. The van der Waals surface area contributed by atoms with Crippen molar-refractivity contribution < 1.29 is 14.3 Å². The number of hydrogen-bond acceptors (Lipinski definition) is 4. The third kappa shape index (κ3) is 3.69. The van der Waals surface area contributed by atoms with Crippen molar-refractivity contribution in [1.29, 1.82) is 0 Å². The van der Waals surface area contributed by atoms with E-state index in [0.717, 1.165) is 6.42 Å². The van der Waals surface area contributed by atoms with Gasteiger partial charge in [0.1, 0.15) is 5.70 Å². The summed E-state index contributed by atoms with van der Waals surface area (Å²) in [5, 5.41) is 5.99. The van der Waals surface area contributed by atoms with Crippen LogP contribution in [0.5, 0.6) is 11.5 Å². The Kier molecular flexibility index (Phi) is 5.26. The van der Waals surface area contributed by atoms with Crippen LogP contribution in [0.2, 0.25) is 5.02 Å². The van der Waals surface area contributed by atoms with Gasteiger partial charge in [-0.25, -0.2) is 0 Å². The number of thiocarbonyl (C=S) groups is 1. The predicted molar refractivity (Wildman–Crippen MR) is 90.2 cm³/mol. The molecule has 0 saturated carbocycles. The molecule has 0 aliphatic carbocycles. The van der Waals surface area contributed by atoms with E-state index in [1.807, 2.05) is 13.8 Å². The summed E-state index contributed by atoms with van der Waals surface area (Å²) in [4.78, 5) is 11.7. The fraction of sp³-hybridized carbons (Fsp3) is 0.333. The summed E-state index contributed by atoms with van der Waals surface area (Å²) < 4.78 is 11.1. The Morgan fingerprint density at radius 3 is 2.68 bits per heavy atom. The molecule has 0 spiro atoms. The van der Waals surface area contributed by atoms with Gasteiger partial charge in [-0.1, -0.05) is 18.5 Å². The topological polar surface area (TPSA) is 59.6 Å². The molecule has 1 fully saturated rings. The Morgan fingerprint density at radius 2 is 2.14 bits per heavy atom. The molecule has 1 heterocycles. The van der Waals surface area contributed by atoms with E-state index in [4.69, 9.17) is 33.3 Å². The lowest BCUT2D eigenvalue weighted by Crippen LogP contribution is -2.21. The molecular formula is C15H17ClN2O3S. The van der Waals surface area contributed by atoms with E-state index in [1.54, 1.807) is 25.3 Å². The van der Waals surface area contributed by atoms with Gasteiger partial charge in [0.25, 0.3) is 5.91 Å². The van der Waals surface area contributed by atoms with Crippen LogP contribution in [0.4, 0.5) is 0 Å². The third-order valence-corrected chi connectivity index (χ3v) is 3.66. The Morgan fingerprint density at radius 1 is 1.41 bits per heavy atom. The molecule has 2 N–H and O–H groups in total. The highest BCUT2D eigenvalue weighted by Gasteiger charge is 2.21. The number of carbonyl (C=O) groups excluding carboxylic acids is 1. The molecule has 1 atom stereocenters. The number of hydrogen-bond donors (Lipinski definition) is 2. The van der Waals surface area contributed by atoms with Crippen LogP contribution >= 0.6 is 23.8 Å². The highest BCUT2D eigenvalue weighted by atomic mass is 35.5. The summed E-state index contributed by atoms with van der Waals surface area (Å²) in [6.07, 6.45) is 2.53. The average Bonchev–Trinajstić information content (AvgIpc) is 2.79. The first kappa shape index (κ1) is 16.6. The SMILES string of the molecule is CC[C@H](C)Oc1c(Cl)cc(/C=C2/NC(=S)NC2=O)cc1OC. The number of carbonyl (C=O) groups is 1. The first-order valence-electron chi connectivity index (χ1n) is 6.82. The molecule has 1 saturated heterocycles. The van der Waals surface area contributed by atoms with Crippen molar-refractivity contribution >= 4 is 40.9 Å². The zero-order valence-electron chi connectivity index (χ0n) is 12.5. The van der Waals surface area contributed by atoms with Gasteiger partial charge in [0, 0.05) is 0 Å². The van der Waals surface area contributed by atoms with E-state index >= 15 is 0 Å². The molecule has 1 aromatic rings. The van der Waals surface area contributed by atoms with Crippen molar-refractivity contribution in [3.05, 3.63) is 28.4 Å². The maximum Gasteiger partial charge on any atom is 0.273 e. The Balaban J connectivity index is 2.35. The van der Waals surface area contributed by atoms with E-state index in [1.165, 1.54) is 0 Å². The number of benzene rings is 1. The van der Waals surface area contributed by atoms with Gasteiger partial charge in [-0.2, -0.15) is 0 Å². The van der Waals surface area contributed by atoms with Crippen molar-refractivity contribution in [2.75, 3.05) is 7.11 Å². The van der Waals surface area contributed by atoms with Crippen LogP contribution in [0.3, 0.4) is 0 Å². The largest absolute Gasteiger partial charge is 0.493 e. The fourth-order valence-corrected chi connectivity index (χ4v) is 2.34. The van der Waals surface area contributed by atoms with Crippen LogP contribution < -0.4 is 20.1 Å². The van der Waals surface area contributed by atoms with Crippen molar-refractivity contribution in [2.24, 2.45) is 0 Å². The smallest absolute Gasteiger partial charge is 0.273 e. The molecule has 1 amide bonds. The highest BCUT2D eigenvalue weighted by molar-refractivity contribution is 7.80. The summed E-state index contributed by atoms with van der Waals surface area (Å²) in [7, 11) is 1.54. The summed E-state index contributed by atoms with van der Waals surface area (Å²) in [5.74, 6) is 0.737. The van der Waals surface area contributed by atoms with E-state index in [0.29, 0.717) is 27.8 Å². The lowest BCUT2D eigenvalue weighted by molar-refractivity contribution is -0.115. The molecule has 7 heteroatoms. The minimum absolute atomic E-state index is 0.0234. The van der Waals surface area contributed by atoms with Crippen LogP contribution in [-0.2, 0) is 4.79 Å². The van der Waals surface area contributed by atoms with Gasteiger partial charge in [-0.05, 0) is 49.3 Å². The number of nitrogens with one attached hydrogen (secondary N) is 2. The predicted octanol–water partition coefficient (Wildman–Crippen LogP) is 2.87. The normalized spacial score (nSPS) is 17.2. The molecule has 0 aromatic heterocycles. The lowest BCUT2D eigenvalue weighted by Gasteiger charge is -2.17. The summed E-state index contributed by atoms with van der Waals surface area (Å²) in [6.45, 7) is 3.98. The number of ether oxygens (including phenoxy) is 2. The molecule has 2 rings (SSSR count). The molecule has 1 aromatic carbocycles.